The van der Waals surface area contributed by atoms with E-state index < -0.39 is 15.8 Å². The van der Waals surface area contributed by atoms with E-state index in [0.29, 0.717) is 11.5 Å². The number of nitrogens with one attached hydrogen (secondary N) is 3. The largest absolute Gasteiger partial charge is 0.504 e. The van der Waals surface area contributed by atoms with E-state index >= 15 is 0 Å². The van der Waals surface area contributed by atoms with Crippen LogP contribution in [0.15, 0.2) is 32.9 Å². The summed E-state index contributed by atoms with van der Waals surface area (Å²) in [6, 6.07) is 2.16. The van der Waals surface area contributed by atoms with Gasteiger partial charge >= 0.3 is 0 Å². The first-order valence-corrected chi connectivity index (χ1v) is 13.6. The Morgan fingerprint density at radius 3 is 2.58 bits per heavy atom. The molecule has 0 amide bonds. The highest BCUT2D eigenvalue weighted by molar-refractivity contribution is 7.95. The standard InChI is InChI=1S/C19H29N5O3S4/c1-7-21-31(26,27)19-17(25)14(9-28-19)23-18(24-30-20)12(5)22-16(10(2)3)15-8-11(4)13(6)29-15/h8-10,16,21-22,25H,5,7,20H2,1-4,6H3,(H,23,24)/t16-/m1/s1. The fraction of sp³-hybridized carbons (Fsp3) is 0.421. The Kier molecular flexibility index (Phi) is 8.98. The van der Waals surface area contributed by atoms with Crippen molar-refractivity contribution in [1.29, 1.82) is 0 Å². The summed E-state index contributed by atoms with van der Waals surface area (Å²) in [5, 5.41) is 20.9. The quantitative estimate of drug-likeness (QED) is 0.188. The maximum absolute atomic E-state index is 12.2. The Bertz CT molecular complexity index is 1040. The van der Waals surface area contributed by atoms with Crippen LogP contribution in [0.2, 0.25) is 0 Å². The lowest BCUT2D eigenvalue weighted by Crippen LogP contribution is -2.32. The van der Waals surface area contributed by atoms with Crippen molar-refractivity contribution in [2.24, 2.45) is 16.0 Å². The molecule has 2 rings (SSSR count). The second kappa shape index (κ2) is 10.8. The van der Waals surface area contributed by atoms with Crippen molar-refractivity contribution in [1.82, 2.24) is 14.8 Å². The SMILES string of the molecule is C=C(N[C@@H](c1cc(C)c(C)s1)C(C)C)C(=Nc1csc(S(=O)(=O)NCC)c1O)NSN. The third kappa shape index (κ3) is 6.24. The van der Waals surface area contributed by atoms with Crippen LogP contribution in [0.3, 0.4) is 0 Å². The molecular formula is C19H29N5O3S4. The molecule has 0 radical (unpaired) electrons. The summed E-state index contributed by atoms with van der Waals surface area (Å²) in [6.07, 6.45) is 0. The van der Waals surface area contributed by atoms with Gasteiger partial charge in [0.2, 0.25) is 0 Å². The minimum Gasteiger partial charge on any atom is -0.504 e. The number of aliphatic imine (C=N–C) groups is 1. The molecular weight excluding hydrogens is 475 g/mol. The zero-order valence-electron chi connectivity index (χ0n) is 18.1. The molecule has 0 aromatic carbocycles. The van der Waals surface area contributed by atoms with E-state index in [1.807, 2.05) is 0 Å². The van der Waals surface area contributed by atoms with Gasteiger partial charge in [-0.3, -0.25) is 9.86 Å². The molecule has 0 aliphatic heterocycles. The van der Waals surface area contributed by atoms with Crippen LogP contribution in [0.25, 0.3) is 0 Å². The number of nitrogens with two attached hydrogens (primary N) is 1. The van der Waals surface area contributed by atoms with Crippen LogP contribution in [0.5, 0.6) is 5.75 Å². The van der Waals surface area contributed by atoms with E-state index in [2.05, 4.69) is 60.1 Å². The van der Waals surface area contributed by atoms with Crippen molar-refractivity contribution in [2.75, 3.05) is 6.54 Å². The summed E-state index contributed by atoms with van der Waals surface area (Å²) in [6.45, 7) is 14.4. The van der Waals surface area contributed by atoms with E-state index in [1.54, 1.807) is 18.3 Å². The molecule has 2 aromatic heterocycles. The van der Waals surface area contributed by atoms with Crippen LogP contribution in [-0.2, 0) is 10.0 Å². The van der Waals surface area contributed by atoms with E-state index in [9.17, 15) is 13.5 Å². The van der Waals surface area contributed by atoms with Gasteiger partial charge in [-0.1, -0.05) is 27.4 Å². The van der Waals surface area contributed by atoms with Gasteiger partial charge in [0.1, 0.15) is 5.69 Å². The zero-order valence-corrected chi connectivity index (χ0v) is 21.4. The molecule has 0 fully saturated rings. The van der Waals surface area contributed by atoms with Gasteiger partial charge in [-0.05, 0) is 31.4 Å². The van der Waals surface area contributed by atoms with Crippen molar-refractivity contribution in [3.05, 3.63) is 39.0 Å². The van der Waals surface area contributed by atoms with E-state index in [1.165, 1.54) is 20.7 Å². The molecule has 1 atom stereocenters. The lowest BCUT2D eigenvalue weighted by molar-refractivity contribution is 0.458. The number of thiophene rings is 2. The highest BCUT2D eigenvalue weighted by Gasteiger charge is 2.24. The van der Waals surface area contributed by atoms with Gasteiger partial charge in [0, 0.05) is 33.8 Å². The topological polar surface area (TPSA) is 129 Å². The maximum Gasteiger partial charge on any atom is 0.253 e. The van der Waals surface area contributed by atoms with Gasteiger partial charge < -0.3 is 10.4 Å². The predicted molar refractivity (Wildman–Crippen MR) is 133 cm³/mol. The van der Waals surface area contributed by atoms with E-state index in [4.69, 9.17) is 5.14 Å². The maximum atomic E-state index is 12.2. The molecule has 0 saturated carbocycles. The molecule has 0 spiro atoms. The predicted octanol–water partition coefficient (Wildman–Crippen LogP) is 4.07. The van der Waals surface area contributed by atoms with Crippen molar-refractivity contribution < 1.29 is 13.5 Å². The summed E-state index contributed by atoms with van der Waals surface area (Å²) >= 11 is 3.46. The van der Waals surface area contributed by atoms with Gasteiger partial charge in [0.15, 0.2) is 15.8 Å². The average molecular weight is 504 g/mol. The summed E-state index contributed by atoms with van der Waals surface area (Å²) in [5.74, 6) is 0.154. The molecule has 8 nitrogen and oxygen atoms in total. The first-order valence-electron chi connectivity index (χ1n) is 9.55. The van der Waals surface area contributed by atoms with Crippen LogP contribution in [0.4, 0.5) is 5.69 Å². The minimum absolute atomic E-state index is 0.000407. The average Bonchev–Trinajstić information content (AvgIpc) is 3.21. The van der Waals surface area contributed by atoms with E-state index in [-0.39, 0.29) is 28.4 Å². The van der Waals surface area contributed by atoms with Crippen LogP contribution in [-0.4, -0.2) is 25.9 Å². The number of hydrogen-bond donors (Lipinski definition) is 5. The summed E-state index contributed by atoms with van der Waals surface area (Å²) < 4.78 is 29.5. The normalized spacial score (nSPS) is 13.5. The molecule has 0 bridgehead atoms. The van der Waals surface area contributed by atoms with Crippen LogP contribution >= 0.6 is 34.8 Å². The zero-order chi connectivity index (χ0) is 23.3. The molecule has 2 aromatic rings. The third-order valence-corrected chi connectivity index (χ3v) is 9.05. The Morgan fingerprint density at radius 1 is 1.39 bits per heavy atom. The lowest BCUT2D eigenvalue weighted by Gasteiger charge is -2.24. The fourth-order valence-corrected chi connectivity index (χ4v) is 6.60. The number of nitrogens with zero attached hydrogens (tertiary/aromatic N) is 1. The molecule has 31 heavy (non-hydrogen) atoms. The van der Waals surface area contributed by atoms with Crippen molar-refractivity contribution in [3.63, 3.8) is 0 Å². The smallest absolute Gasteiger partial charge is 0.253 e. The molecule has 0 unspecified atom stereocenters. The van der Waals surface area contributed by atoms with Crippen molar-refractivity contribution >= 4 is 56.4 Å². The summed E-state index contributed by atoms with van der Waals surface area (Å²) in [5.41, 5.74) is 1.83. The van der Waals surface area contributed by atoms with Gasteiger partial charge in [0.05, 0.1) is 11.7 Å². The second-order valence-corrected chi connectivity index (χ2v) is 11.7. The monoisotopic (exact) mass is 503 g/mol. The lowest BCUT2D eigenvalue weighted by atomic mass is 10.0. The summed E-state index contributed by atoms with van der Waals surface area (Å²) in [4.78, 5) is 6.83. The van der Waals surface area contributed by atoms with Crippen LogP contribution in [0, 0.1) is 19.8 Å². The first kappa shape index (κ1) is 25.7. The van der Waals surface area contributed by atoms with Gasteiger partial charge in [0.25, 0.3) is 10.0 Å². The Balaban J connectivity index is 2.35. The van der Waals surface area contributed by atoms with Gasteiger partial charge in [-0.25, -0.2) is 18.1 Å². The van der Waals surface area contributed by atoms with Crippen molar-refractivity contribution in [2.45, 2.75) is 44.9 Å². The number of hydrogen-bond acceptors (Lipinski definition) is 9. The van der Waals surface area contributed by atoms with Gasteiger partial charge in [-0.15, -0.1) is 22.7 Å². The Labute approximate surface area is 196 Å². The van der Waals surface area contributed by atoms with Crippen LogP contribution < -0.4 is 19.9 Å². The molecule has 2 heterocycles. The summed E-state index contributed by atoms with van der Waals surface area (Å²) in [7, 11) is -3.79. The third-order valence-electron chi connectivity index (χ3n) is 4.45. The number of sulfonamides is 1. The Hall–Kier alpha value is -1.57. The van der Waals surface area contributed by atoms with Crippen molar-refractivity contribution in [3.8, 4) is 5.75 Å². The number of rotatable bonds is 10. The number of aromatic hydroxyl groups is 1. The molecule has 0 aliphatic rings. The fourth-order valence-electron chi connectivity index (χ4n) is 2.76. The van der Waals surface area contributed by atoms with E-state index in [0.717, 1.165) is 23.5 Å². The first-order chi connectivity index (χ1) is 14.5. The molecule has 0 aliphatic carbocycles. The highest BCUT2D eigenvalue weighted by Crippen LogP contribution is 2.39. The number of aryl methyl sites for hydroxylation is 2. The molecule has 6 N–H and O–H groups in total. The molecule has 12 heteroatoms. The van der Waals surface area contributed by atoms with Gasteiger partial charge in [-0.2, -0.15) is 0 Å². The van der Waals surface area contributed by atoms with Crippen LogP contribution in [0.1, 0.15) is 42.1 Å². The molecule has 172 valence electrons. The number of amidine groups is 1. The Morgan fingerprint density at radius 2 is 2.06 bits per heavy atom. The highest BCUT2D eigenvalue weighted by atomic mass is 32.2. The second-order valence-electron chi connectivity index (χ2n) is 7.17. The molecule has 0 saturated heterocycles. The minimum atomic E-state index is -3.79.